The van der Waals surface area contributed by atoms with Crippen LogP contribution >= 0.6 is 0 Å². The largest absolute Gasteiger partial charge is 0.494 e. The van der Waals surface area contributed by atoms with Gasteiger partial charge < -0.3 is 15.8 Å². The number of nitrogens with one attached hydrogen (secondary N) is 1. The summed E-state index contributed by atoms with van der Waals surface area (Å²) in [6, 6.07) is 7.72. The van der Waals surface area contributed by atoms with Crippen molar-refractivity contribution < 1.29 is 13.9 Å². The van der Waals surface area contributed by atoms with Gasteiger partial charge in [0, 0.05) is 23.0 Å². The third-order valence-electron chi connectivity index (χ3n) is 3.27. The van der Waals surface area contributed by atoms with Gasteiger partial charge in [0.25, 0.3) is 5.91 Å². The van der Waals surface area contributed by atoms with Crippen molar-refractivity contribution in [3.63, 3.8) is 0 Å². The number of amides is 1. The monoisotopic (exact) mass is 288 g/mol. The molecular formula is C16H17FN2O2. The minimum atomic E-state index is -0.532. The molecule has 0 radical (unpaired) electrons. The van der Waals surface area contributed by atoms with Crippen molar-refractivity contribution in [2.24, 2.45) is 0 Å². The van der Waals surface area contributed by atoms with E-state index in [2.05, 4.69) is 5.32 Å². The maximum absolute atomic E-state index is 13.6. The van der Waals surface area contributed by atoms with Crippen molar-refractivity contribution in [1.29, 1.82) is 0 Å². The zero-order valence-electron chi connectivity index (χ0n) is 12.2. The number of methoxy groups -OCH3 is 1. The van der Waals surface area contributed by atoms with E-state index in [1.807, 2.05) is 19.9 Å². The van der Waals surface area contributed by atoms with Crippen LogP contribution in [0, 0.1) is 19.7 Å². The van der Waals surface area contributed by atoms with Crippen molar-refractivity contribution in [3.8, 4) is 5.75 Å². The SMILES string of the molecule is COc1ccc(NC(=O)c2cc(N)c(C)cc2C)cc1F. The molecule has 0 saturated heterocycles. The lowest BCUT2D eigenvalue weighted by Crippen LogP contribution is -2.14. The molecule has 0 fully saturated rings. The van der Waals surface area contributed by atoms with E-state index >= 15 is 0 Å². The maximum atomic E-state index is 13.6. The molecule has 21 heavy (non-hydrogen) atoms. The molecule has 2 aromatic carbocycles. The highest BCUT2D eigenvalue weighted by Crippen LogP contribution is 2.22. The Bertz CT molecular complexity index is 699. The molecule has 0 aliphatic rings. The van der Waals surface area contributed by atoms with E-state index in [0.29, 0.717) is 16.9 Å². The molecular weight excluding hydrogens is 271 g/mol. The van der Waals surface area contributed by atoms with E-state index in [1.54, 1.807) is 12.1 Å². The number of nitrogens with two attached hydrogens (primary N) is 1. The number of carbonyl (C=O) groups is 1. The Morgan fingerprint density at radius 3 is 2.52 bits per heavy atom. The van der Waals surface area contributed by atoms with Crippen molar-refractivity contribution in [2.45, 2.75) is 13.8 Å². The second-order valence-electron chi connectivity index (χ2n) is 4.83. The Kier molecular flexibility index (Phi) is 4.12. The first kappa shape index (κ1) is 14.8. The summed E-state index contributed by atoms with van der Waals surface area (Å²) in [5.74, 6) is -0.733. The molecule has 0 unspecified atom stereocenters. The van der Waals surface area contributed by atoms with E-state index in [0.717, 1.165) is 11.1 Å². The number of hydrogen-bond acceptors (Lipinski definition) is 3. The van der Waals surface area contributed by atoms with Gasteiger partial charge in [-0.15, -0.1) is 0 Å². The fourth-order valence-corrected chi connectivity index (χ4v) is 2.06. The summed E-state index contributed by atoms with van der Waals surface area (Å²) >= 11 is 0. The standard InChI is InChI=1S/C16H17FN2O2/c1-9-6-10(2)14(18)8-12(9)16(20)19-11-4-5-15(21-3)13(17)7-11/h4-8H,18H2,1-3H3,(H,19,20). The van der Waals surface area contributed by atoms with Gasteiger partial charge in [-0.1, -0.05) is 6.07 Å². The second-order valence-corrected chi connectivity index (χ2v) is 4.83. The molecule has 5 heteroatoms. The highest BCUT2D eigenvalue weighted by molar-refractivity contribution is 6.06. The molecule has 2 aromatic rings. The summed E-state index contributed by atoms with van der Waals surface area (Å²) in [6.45, 7) is 3.71. The second kappa shape index (κ2) is 5.83. The first-order valence-corrected chi connectivity index (χ1v) is 6.44. The fraction of sp³-hybridized carbons (Fsp3) is 0.188. The van der Waals surface area contributed by atoms with Gasteiger partial charge in [0.2, 0.25) is 0 Å². The Labute approximate surface area is 122 Å². The molecule has 0 bridgehead atoms. The third kappa shape index (κ3) is 3.13. The number of carbonyl (C=O) groups excluding carboxylic acids is 1. The number of hydrogen-bond donors (Lipinski definition) is 2. The van der Waals surface area contributed by atoms with Gasteiger partial charge in [0.15, 0.2) is 11.6 Å². The Morgan fingerprint density at radius 2 is 1.90 bits per heavy atom. The lowest BCUT2D eigenvalue weighted by Gasteiger charge is -2.11. The van der Waals surface area contributed by atoms with Crippen LogP contribution in [0.5, 0.6) is 5.75 Å². The van der Waals surface area contributed by atoms with Crippen LogP contribution in [-0.2, 0) is 0 Å². The van der Waals surface area contributed by atoms with E-state index in [4.69, 9.17) is 10.5 Å². The normalized spacial score (nSPS) is 10.3. The van der Waals surface area contributed by atoms with Crippen LogP contribution in [0.4, 0.5) is 15.8 Å². The predicted molar refractivity (Wildman–Crippen MR) is 81.2 cm³/mol. The third-order valence-corrected chi connectivity index (χ3v) is 3.27. The summed E-state index contributed by atoms with van der Waals surface area (Å²) < 4.78 is 18.4. The number of aryl methyl sites for hydroxylation is 2. The molecule has 0 saturated carbocycles. The molecule has 0 aliphatic heterocycles. The molecule has 0 spiro atoms. The summed E-state index contributed by atoms with van der Waals surface area (Å²) in [4.78, 5) is 12.2. The van der Waals surface area contributed by atoms with Gasteiger partial charge >= 0.3 is 0 Å². The summed E-state index contributed by atoms with van der Waals surface area (Å²) in [6.07, 6.45) is 0. The zero-order valence-corrected chi connectivity index (χ0v) is 12.2. The van der Waals surface area contributed by atoms with E-state index < -0.39 is 5.82 Å². The molecule has 2 rings (SSSR count). The molecule has 1 amide bonds. The number of ether oxygens (including phenoxy) is 1. The van der Waals surface area contributed by atoms with Gasteiger partial charge in [0.05, 0.1) is 7.11 Å². The van der Waals surface area contributed by atoms with E-state index in [9.17, 15) is 9.18 Å². The molecule has 0 aliphatic carbocycles. The minimum absolute atomic E-state index is 0.128. The number of rotatable bonds is 3. The number of halogens is 1. The number of nitrogen functional groups attached to an aromatic ring is 1. The molecule has 110 valence electrons. The van der Waals surface area contributed by atoms with Gasteiger partial charge in [-0.25, -0.2) is 4.39 Å². The highest BCUT2D eigenvalue weighted by atomic mass is 19.1. The van der Waals surface area contributed by atoms with Crippen LogP contribution in [0.25, 0.3) is 0 Å². The van der Waals surface area contributed by atoms with Crippen molar-refractivity contribution >= 4 is 17.3 Å². The van der Waals surface area contributed by atoms with Crippen molar-refractivity contribution in [3.05, 3.63) is 52.8 Å². The molecule has 3 N–H and O–H groups in total. The quantitative estimate of drug-likeness (QED) is 0.852. The van der Waals surface area contributed by atoms with Crippen LogP contribution in [0.15, 0.2) is 30.3 Å². The van der Waals surface area contributed by atoms with Gasteiger partial charge in [0.1, 0.15) is 0 Å². The van der Waals surface area contributed by atoms with Crippen molar-refractivity contribution in [1.82, 2.24) is 0 Å². The van der Waals surface area contributed by atoms with Crippen LogP contribution < -0.4 is 15.8 Å². The summed E-state index contributed by atoms with van der Waals surface area (Å²) in [7, 11) is 1.38. The van der Waals surface area contributed by atoms with E-state index in [-0.39, 0.29) is 11.7 Å². The Morgan fingerprint density at radius 1 is 1.19 bits per heavy atom. The van der Waals surface area contributed by atoms with Gasteiger partial charge in [-0.05, 0) is 43.2 Å². The average molecular weight is 288 g/mol. The minimum Gasteiger partial charge on any atom is -0.494 e. The fourth-order valence-electron chi connectivity index (χ4n) is 2.06. The van der Waals surface area contributed by atoms with Crippen LogP contribution in [0.3, 0.4) is 0 Å². The molecule has 0 atom stereocenters. The van der Waals surface area contributed by atoms with Gasteiger partial charge in [-0.3, -0.25) is 4.79 Å². The molecule has 0 heterocycles. The average Bonchev–Trinajstić information content (AvgIpc) is 2.43. The Hall–Kier alpha value is -2.56. The smallest absolute Gasteiger partial charge is 0.256 e. The highest BCUT2D eigenvalue weighted by Gasteiger charge is 2.12. The lowest BCUT2D eigenvalue weighted by molar-refractivity contribution is 0.102. The first-order chi connectivity index (χ1) is 9.92. The van der Waals surface area contributed by atoms with Crippen LogP contribution in [0.1, 0.15) is 21.5 Å². The van der Waals surface area contributed by atoms with Crippen molar-refractivity contribution in [2.75, 3.05) is 18.2 Å². The lowest BCUT2D eigenvalue weighted by atomic mass is 10.0. The molecule has 4 nitrogen and oxygen atoms in total. The van der Waals surface area contributed by atoms with Crippen LogP contribution in [-0.4, -0.2) is 13.0 Å². The number of anilines is 2. The topological polar surface area (TPSA) is 64.3 Å². The zero-order chi connectivity index (χ0) is 15.6. The molecule has 0 aromatic heterocycles. The van der Waals surface area contributed by atoms with E-state index in [1.165, 1.54) is 19.2 Å². The van der Waals surface area contributed by atoms with Crippen LogP contribution in [0.2, 0.25) is 0 Å². The summed E-state index contributed by atoms with van der Waals surface area (Å²) in [5.41, 5.74) is 8.93. The number of benzene rings is 2. The van der Waals surface area contributed by atoms with Gasteiger partial charge in [-0.2, -0.15) is 0 Å². The Balaban J connectivity index is 2.26. The summed E-state index contributed by atoms with van der Waals surface area (Å²) in [5, 5.41) is 2.65. The maximum Gasteiger partial charge on any atom is 0.256 e. The first-order valence-electron chi connectivity index (χ1n) is 6.44. The predicted octanol–water partition coefficient (Wildman–Crippen LogP) is 3.29.